The molecule has 1 aliphatic carbocycles. The molecule has 2 nitrogen and oxygen atoms in total. The third-order valence-corrected chi connectivity index (χ3v) is 5.38. The predicted octanol–water partition coefficient (Wildman–Crippen LogP) is 5.52. The lowest BCUT2D eigenvalue weighted by molar-refractivity contribution is -0.137. The van der Waals surface area contributed by atoms with Crippen LogP contribution in [0.4, 0.5) is 13.2 Å². The molecule has 118 valence electrons. The molecule has 3 aromatic rings. The first kappa shape index (κ1) is 14.9. The highest BCUT2D eigenvalue weighted by Crippen LogP contribution is 2.41. The Balaban J connectivity index is 1.91. The van der Waals surface area contributed by atoms with Gasteiger partial charge < -0.3 is 0 Å². The fraction of sp³-hybridized carbons (Fsp3) is 0.250. The van der Waals surface area contributed by atoms with Gasteiger partial charge in [0.15, 0.2) is 0 Å². The van der Waals surface area contributed by atoms with Gasteiger partial charge in [-0.15, -0.1) is 11.3 Å². The highest BCUT2D eigenvalue weighted by Gasteiger charge is 2.30. The number of benzene rings is 1. The number of fused-ring (bicyclic) bond motifs is 3. The molecule has 1 aliphatic rings. The summed E-state index contributed by atoms with van der Waals surface area (Å²) in [6, 6.07) is 5.04. The fourth-order valence-corrected chi connectivity index (χ4v) is 4.48. The summed E-state index contributed by atoms with van der Waals surface area (Å²) in [7, 11) is 0. The van der Waals surface area contributed by atoms with Crippen molar-refractivity contribution in [2.75, 3.05) is 0 Å². The molecule has 2 aromatic heterocycles. The van der Waals surface area contributed by atoms with Gasteiger partial charge in [-0.05, 0) is 48.6 Å². The van der Waals surface area contributed by atoms with E-state index in [4.69, 9.17) is 11.6 Å². The van der Waals surface area contributed by atoms with Crippen LogP contribution in [0.1, 0.15) is 22.4 Å². The van der Waals surface area contributed by atoms with E-state index < -0.39 is 11.7 Å². The molecule has 1 aromatic carbocycles. The molecular weight excluding hydrogens is 345 g/mol. The fourth-order valence-electron chi connectivity index (χ4n) is 3.00. The number of aryl methyl sites for hydroxylation is 2. The van der Waals surface area contributed by atoms with Crippen molar-refractivity contribution in [3.05, 3.63) is 45.6 Å². The summed E-state index contributed by atoms with van der Waals surface area (Å²) in [6.07, 6.45) is -1.29. The van der Waals surface area contributed by atoms with Crippen molar-refractivity contribution in [2.45, 2.75) is 25.4 Å². The molecule has 0 unspecified atom stereocenters. The highest BCUT2D eigenvalue weighted by molar-refractivity contribution is 7.19. The molecule has 2 heterocycles. The average Bonchev–Trinajstić information content (AvgIpc) is 3.06. The van der Waals surface area contributed by atoms with E-state index in [-0.39, 0.29) is 5.28 Å². The monoisotopic (exact) mass is 354 g/mol. The number of alkyl halides is 3. The van der Waals surface area contributed by atoms with Crippen LogP contribution in [0.5, 0.6) is 0 Å². The van der Waals surface area contributed by atoms with Crippen LogP contribution in [-0.2, 0) is 19.0 Å². The summed E-state index contributed by atoms with van der Waals surface area (Å²) in [4.78, 5) is 10.7. The first-order chi connectivity index (χ1) is 10.9. The van der Waals surface area contributed by atoms with E-state index in [0.717, 1.165) is 41.6 Å². The van der Waals surface area contributed by atoms with Crippen molar-refractivity contribution < 1.29 is 13.2 Å². The minimum absolute atomic E-state index is 0.118. The minimum atomic E-state index is -4.35. The lowest BCUT2D eigenvalue weighted by Gasteiger charge is -2.09. The molecule has 0 radical (unpaired) electrons. The van der Waals surface area contributed by atoms with E-state index in [9.17, 15) is 13.2 Å². The van der Waals surface area contributed by atoms with Crippen molar-refractivity contribution in [3.63, 3.8) is 0 Å². The standard InChI is InChI=1S/C16H10ClF3N2S/c17-15-21-13(8-4-6-9(7-5-8)16(18,19)20)12-10-2-1-3-11(10)23-14(12)22-15/h4-7H,1-3H2. The highest BCUT2D eigenvalue weighted by atomic mass is 35.5. The van der Waals surface area contributed by atoms with Crippen LogP contribution < -0.4 is 0 Å². The summed E-state index contributed by atoms with van der Waals surface area (Å²) < 4.78 is 38.2. The molecule has 0 N–H and O–H groups in total. The number of aromatic nitrogens is 2. The first-order valence-corrected chi connectivity index (χ1v) is 8.28. The second-order valence-electron chi connectivity index (χ2n) is 5.45. The zero-order valence-corrected chi connectivity index (χ0v) is 13.3. The van der Waals surface area contributed by atoms with Crippen LogP contribution >= 0.6 is 22.9 Å². The van der Waals surface area contributed by atoms with Gasteiger partial charge in [-0.3, -0.25) is 0 Å². The summed E-state index contributed by atoms with van der Waals surface area (Å²) >= 11 is 7.61. The van der Waals surface area contributed by atoms with Gasteiger partial charge in [-0.2, -0.15) is 13.2 Å². The average molecular weight is 355 g/mol. The van der Waals surface area contributed by atoms with Crippen LogP contribution in [-0.4, -0.2) is 9.97 Å². The first-order valence-electron chi connectivity index (χ1n) is 7.09. The topological polar surface area (TPSA) is 25.8 Å². The predicted molar refractivity (Wildman–Crippen MR) is 84.9 cm³/mol. The third kappa shape index (κ3) is 2.50. The van der Waals surface area contributed by atoms with E-state index in [0.29, 0.717) is 11.3 Å². The van der Waals surface area contributed by atoms with Gasteiger partial charge in [0.2, 0.25) is 5.28 Å². The van der Waals surface area contributed by atoms with Gasteiger partial charge in [-0.25, -0.2) is 9.97 Å². The number of nitrogens with zero attached hydrogens (tertiary/aromatic N) is 2. The molecule has 0 amide bonds. The number of hydrogen-bond donors (Lipinski definition) is 0. The molecule has 4 rings (SSSR count). The van der Waals surface area contributed by atoms with Crippen LogP contribution in [0.25, 0.3) is 21.5 Å². The smallest absolute Gasteiger partial charge is 0.217 e. The molecule has 0 saturated carbocycles. The second kappa shape index (κ2) is 5.18. The Morgan fingerprint density at radius 2 is 1.78 bits per heavy atom. The van der Waals surface area contributed by atoms with Crippen molar-refractivity contribution in [2.24, 2.45) is 0 Å². The van der Waals surface area contributed by atoms with E-state index in [1.165, 1.54) is 22.6 Å². The van der Waals surface area contributed by atoms with Gasteiger partial charge in [0.1, 0.15) is 4.83 Å². The maximum atomic E-state index is 12.7. The Morgan fingerprint density at radius 1 is 1.04 bits per heavy atom. The number of rotatable bonds is 1. The van der Waals surface area contributed by atoms with Gasteiger partial charge in [0.25, 0.3) is 0 Å². The van der Waals surface area contributed by atoms with Crippen molar-refractivity contribution >= 4 is 33.2 Å². The Labute approximate surface area is 139 Å². The van der Waals surface area contributed by atoms with Crippen LogP contribution in [0.15, 0.2) is 24.3 Å². The molecule has 0 bridgehead atoms. The normalized spacial score (nSPS) is 14.4. The van der Waals surface area contributed by atoms with Gasteiger partial charge >= 0.3 is 6.18 Å². The Hall–Kier alpha value is -1.66. The third-order valence-electron chi connectivity index (χ3n) is 4.02. The van der Waals surface area contributed by atoms with Crippen LogP contribution in [0.2, 0.25) is 5.28 Å². The zero-order valence-electron chi connectivity index (χ0n) is 11.7. The Bertz CT molecular complexity index is 900. The van der Waals surface area contributed by atoms with Crippen LogP contribution in [0.3, 0.4) is 0 Å². The second-order valence-corrected chi connectivity index (χ2v) is 6.88. The Kier molecular flexibility index (Phi) is 3.35. The quantitative estimate of drug-likeness (QED) is 0.538. The number of thiophene rings is 1. The largest absolute Gasteiger partial charge is 0.416 e. The van der Waals surface area contributed by atoms with E-state index in [2.05, 4.69) is 9.97 Å². The van der Waals surface area contributed by atoms with Gasteiger partial charge in [-0.1, -0.05) is 12.1 Å². The van der Waals surface area contributed by atoms with E-state index in [1.54, 1.807) is 11.3 Å². The molecule has 0 saturated heterocycles. The van der Waals surface area contributed by atoms with Crippen molar-refractivity contribution in [1.29, 1.82) is 0 Å². The molecule has 0 atom stereocenters. The van der Waals surface area contributed by atoms with Crippen molar-refractivity contribution in [1.82, 2.24) is 9.97 Å². The summed E-state index contributed by atoms with van der Waals surface area (Å²) in [5.74, 6) is 0. The number of halogens is 4. The molecule has 0 spiro atoms. The van der Waals surface area contributed by atoms with Gasteiger partial charge in [0, 0.05) is 15.8 Å². The lowest BCUT2D eigenvalue weighted by atomic mass is 10.0. The van der Waals surface area contributed by atoms with E-state index in [1.807, 2.05) is 0 Å². The number of hydrogen-bond acceptors (Lipinski definition) is 3. The SMILES string of the molecule is FC(F)(F)c1ccc(-c2nc(Cl)nc3sc4c(c23)CCC4)cc1. The summed E-state index contributed by atoms with van der Waals surface area (Å²) in [5, 5.41) is 1.05. The molecule has 23 heavy (non-hydrogen) atoms. The summed E-state index contributed by atoms with van der Waals surface area (Å²) in [6.45, 7) is 0. The molecular formula is C16H10ClF3N2S. The Morgan fingerprint density at radius 3 is 2.48 bits per heavy atom. The molecule has 7 heteroatoms. The summed E-state index contributed by atoms with van der Waals surface area (Å²) in [5.41, 5.74) is 1.79. The maximum Gasteiger partial charge on any atom is 0.416 e. The van der Waals surface area contributed by atoms with Gasteiger partial charge in [0.05, 0.1) is 11.3 Å². The molecule has 0 aliphatic heterocycles. The zero-order chi connectivity index (χ0) is 16.2. The lowest BCUT2D eigenvalue weighted by Crippen LogP contribution is -2.04. The van der Waals surface area contributed by atoms with Crippen LogP contribution in [0, 0.1) is 0 Å². The minimum Gasteiger partial charge on any atom is -0.217 e. The molecule has 0 fully saturated rings. The van der Waals surface area contributed by atoms with Crippen molar-refractivity contribution in [3.8, 4) is 11.3 Å². The van der Waals surface area contributed by atoms with E-state index >= 15 is 0 Å². The maximum absolute atomic E-state index is 12.7.